The van der Waals surface area contributed by atoms with E-state index in [-0.39, 0.29) is 12.0 Å². The lowest BCUT2D eigenvalue weighted by Crippen LogP contribution is -2.01. The van der Waals surface area contributed by atoms with E-state index >= 15 is 0 Å². The Hall–Kier alpha value is -3.06. The van der Waals surface area contributed by atoms with Gasteiger partial charge in [0.05, 0.1) is 5.39 Å². The minimum Gasteiger partial charge on any atom is -0.479 e. The Kier molecular flexibility index (Phi) is 3.40. The minimum absolute atomic E-state index is 0.0566. The number of rotatable bonds is 3. The average Bonchev–Trinajstić information content (AvgIpc) is 2.54. The van der Waals surface area contributed by atoms with Gasteiger partial charge < -0.3 is 9.15 Å². The third-order valence-electron chi connectivity index (χ3n) is 3.06. The molecule has 3 rings (SSSR count). The van der Waals surface area contributed by atoms with Gasteiger partial charge in [-0.1, -0.05) is 30.3 Å². The van der Waals surface area contributed by atoms with Gasteiger partial charge in [-0.3, -0.25) is 4.79 Å². The van der Waals surface area contributed by atoms with Crippen LogP contribution in [-0.4, -0.2) is 6.61 Å². The molecule has 0 saturated heterocycles. The smallest absolute Gasteiger partial charge is 0.193 e. The van der Waals surface area contributed by atoms with Crippen LogP contribution in [0.3, 0.4) is 0 Å². The molecule has 1 aromatic heterocycles. The van der Waals surface area contributed by atoms with Gasteiger partial charge in [0.1, 0.15) is 23.2 Å². The summed E-state index contributed by atoms with van der Waals surface area (Å²) in [6, 6.07) is 17.7. The maximum absolute atomic E-state index is 12.2. The van der Waals surface area contributed by atoms with Gasteiger partial charge in [0.25, 0.3) is 0 Å². The van der Waals surface area contributed by atoms with Crippen molar-refractivity contribution in [2.24, 2.45) is 0 Å². The largest absolute Gasteiger partial charge is 0.479 e. The van der Waals surface area contributed by atoms with Crippen molar-refractivity contribution in [3.63, 3.8) is 0 Å². The number of fused-ring (bicyclic) bond motifs is 1. The summed E-state index contributed by atoms with van der Waals surface area (Å²) in [5.41, 5.74) is 1.20. The van der Waals surface area contributed by atoms with E-state index in [1.165, 1.54) is 6.07 Å². The first-order chi connectivity index (χ1) is 10.3. The zero-order chi connectivity index (χ0) is 14.7. The van der Waals surface area contributed by atoms with Crippen molar-refractivity contribution < 1.29 is 9.15 Å². The van der Waals surface area contributed by atoms with Crippen molar-refractivity contribution in [2.75, 3.05) is 6.61 Å². The Labute approximate surface area is 120 Å². The fourth-order valence-electron chi connectivity index (χ4n) is 2.09. The highest BCUT2D eigenvalue weighted by Gasteiger charge is 2.08. The zero-order valence-electron chi connectivity index (χ0n) is 11.1. The van der Waals surface area contributed by atoms with Crippen LogP contribution in [0.25, 0.3) is 22.3 Å². The highest BCUT2D eigenvalue weighted by atomic mass is 16.5. The molecule has 3 aromatic rings. The van der Waals surface area contributed by atoms with Gasteiger partial charge in [0.2, 0.25) is 0 Å². The monoisotopic (exact) mass is 277 g/mol. The molecular formula is C17H11NO3. The van der Waals surface area contributed by atoms with E-state index in [0.29, 0.717) is 22.5 Å². The van der Waals surface area contributed by atoms with Crippen LogP contribution in [-0.2, 0) is 0 Å². The summed E-state index contributed by atoms with van der Waals surface area (Å²) >= 11 is 0. The Morgan fingerprint density at radius 3 is 2.67 bits per heavy atom. The topological polar surface area (TPSA) is 63.2 Å². The molecule has 0 radical (unpaired) electrons. The first-order valence-corrected chi connectivity index (χ1v) is 6.41. The lowest BCUT2D eigenvalue weighted by atomic mass is 10.1. The van der Waals surface area contributed by atoms with Crippen LogP contribution in [0.5, 0.6) is 5.75 Å². The molecule has 1 heterocycles. The molecule has 4 heteroatoms. The minimum atomic E-state index is -0.141. The zero-order valence-corrected chi connectivity index (χ0v) is 11.1. The molecule has 0 aliphatic rings. The van der Waals surface area contributed by atoms with Gasteiger partial charge in [0.15, 0.2) is 12.0 Å². The normalized spacial score (nSPS) is 10.2. The molecule has 2 aromatic carbocycles. The number of benzene rings is 2. The predicted molar refractivity (Wildman–Crippen MR) is 79.0 cm³/mol. The summed E-state index contributed by atoms with van der Waals surface area (Å²) < 4.78 is 11.0. The first kappa shape index (κ1) is 12.9. The Morgan fingerprint density at radius 2 is 1.90 bits per heavy atom. The number of hydrogen-bond donors (Lipinski definition) is 0. The van der Waals surface area contributed by atoms with Gasteiger partial charge >= 0.3 is 0 Å². The maximum Gasteiger partial charge on any atom is 0.193 e. The highest BCUT2D eigenvalue weighted by Crippen LogP contribution is 2.24. The van der Waals surface area contributed by atoms with Crippen LogP contribution in [0.2, 0.25) is 0 Å². The van der Waals surface area contributed by atoms with Gasteiger partial charge in [0, 0.05) is 11.6 Å². The summed E-state index contributed by atoms with van der Waals surface area (Å²) in [5.74, 6) is 1.00. The fourth-order valence-corrected chi connectivity index (χ4v) is 2.09. The molecule has 0 atom stereocenters. The van der Waals surface area contributed by atoms with E-state index in [2.05, 4.69) is 0 Å². The molecule has 0 spiro atoms. The van der Waals surface area contributed by atoms with Crippen LogP contribution in [0, 0.1) is 11.3 Å². The van der Waals surface area contributed by atoms with E-state index < -0.39 is 0 Å². The number of ether oxygens (including phenoxy) is 1. The Bertz CT molecular complexity index is 876. The molecule has 0 N–H and O–H groups in total. The van der Waals surface area contributed by atoms with Gasteiger partial charge in [-0.2, -0.15) is 5.26 Å². The number of nitriles is 1. The fraction of sp³-hybridized carbons (Fsp3) is 0.0588. The van der Waals surface area contributed by atoms with E-state index in [1.54, 1.807) is 18.2 Å². The summed E-state index contributed by atoms with van der Waals surface area (Å²) in [5, 5.41) is 8.94. The van der Waals surface area contributed by atoms with Crippen molar-refractivity contribution in [1.82, 2.24) is 0 Å². The lowest BCUT2D eigenvalue weighted by molar-refractivity contribution is 0.368. The lowest BCUT2D eigenvalue weighted by Gasteiger charge is -2.05. The number of hydrogen-bond acceptors (Lipinski definition) is 4. The quantitative estimate of drug-likeness (QED) is 0.736. The van der Waals surface area contributed by atoms with Crippen LogP contribution < -0.4 is 10.2 Å². The molecule has 0 unspecified atom stereocenters. The van der Waals surface area contributed by atoms with Gasteiger partial charge in [-0.05, 0) is 18.2 Å². The summed E-state index contributed by atoms with van der Waals surface area (Å²) in [6.07, 6.45) is 0. The Morgan fingerprint density at radius 1 is 1.10 bits per heavy atom. The van der Waals surface area contributed by atoms with E-state index in [1.807, 2.05) is 36.4 Å². The SMILES string of the molecule is N#CCOc1ccc2oc(-c3ccccc3)cc(=O)c2c1. The van der Waals surface area contributed by atoms with Gasteiger partial charge in [-0.25, -0.2) is 0 Å². The molecule has 21 heavy (non-hydrogen) atoms. The maximum atomic E-state index is 12.2. The van der Waals surface area contributed by atoms with Crippen molar-refractivity contribution >= 4 is 11.0 Å². The van der Waals surface area contributed by atoms with Crippen LogP contribution >= 0.6 is 0 Å². The predicted octanol–water partition coefficient (Wildman–Crippen LogP) is 3.36. The first-order valence-electron chi connectivity index (χ1n) is 6.41. The molecule has 0 aliphatic carbocycles. The number of nitrogens with zero attached hydrogens (tertiary/aromatic N) is 1. The van der Waals surface area contributed by atoms with E-state index in [0.717, 1.165) is 5.56 Å². The third-order valence-corrected chi connectivity index (χ3v) is 3.06. The second-order valence-electron chi connectivity index (χ2n) is 4.45. The second-order valence-corrected chi connectivity index (χ2v) is 4.45. The van der Waals surface area contributed by atoms with E-state index in [9.17, 15) is 4.79 Å². The van der Waals surface area contributed by atoms with Crippen LogP contribution in [0.1, 0.15) is 0 Å². The standard InChI is InChI=1S/C17H11NO3/c18-8-9-20-13-6-7-16-14(10-13)15(19)11-17(21-16)12-4-2-1-3-5-12/h1-7,10-11H,9H2. The van der Waals surface area contributed by atoms with E-state index in [4.69, 9.17) is 14.4 Å². The third kappa shape index (κ3) is 2.63. The Balaban J connectivity index is 2.10. The highest BCUT2D eigenvalue weighted by molar-refractivity contribution is 5.80. The summed E-state index contributed by atoms with van der Waals surface area (Å²) in [6.45, 7) is -0.0566. The van der Waals surface area contributed by atoms with Gasteiger partial charge in [-0.15, -0.1) is 0 Å². The molecule has 0 fully saturated rings. The molecule has 4 nitrogen and oxygen atoms in total. The van der Waals surface area contributed by atoms with Crippen molar-refractivity contribution in [2.45, 2.75) is 0 Å². The van der Waals surface area contributed by atoms with Crippen molar-refractivity contribution in [3.05, 3.63) is 64.8 Å². The average molecular weight is 277 g/mol. The molecule has 102 valence electrons. The molecule has 0 amide bonds. The van der Waals surface area contributed by atoms with Crippen molar-refractivity contribution in [1.29, 1.82) is 5.26 Å². The molecule has 0 saturated carbocycles. The molecular weight excluding hydrogens is 266 g/mol. The summed E-state index contributed by atoms with van der Waals surface area (Å²) in [4.78, 5) is 12.2. The summed E-state index contributed by atoms with van der Waals surface area (Å²) in [7, 11) is 0. The van der Waals surface area contributed by atoms with Crippen LogP contribution in [0.15, 0.2) is 63.8 Å². The molecule has 0 bridgehead atoms. The second kappa shape index (κ2) is 5.51. The molecule has 0 aliphatic heterocycles. The van der Waals surface area contributed by atoms with Crippen LogP contribution in [0.4, 0.5) is 0 Å². The van der Waals surface area contributed by atoms with Crippen molar-refractivity contribution in [3.8, 4) is 23.1 Å².